The van der Waals surface area contributed by atoms with Gasteiger partial charge >= 0.3 is 0 Å². The van der Waals surface area contributed by atoms with Crippen LogP contribution in [0.3, 0.4) is 0 Å². The molecule has 3 nitrogen and oxygen atoms in total. The molecule has 2 heterocycles. The zero-order valence-corrected chi connectivity index (χ0v) is 17.7. The Hall–Kier alpha value is -4.34. The van der Waals surface area contributed by atoms with E-state index in [1.165, 1.54) is 38.5 Å². The summed E-state index contributed by atoms with van der Waals surface area (Å²) in [5.74, 6) is 0. The molecule has 1 aliphatic carbocycles. The first kappa shape index (κ1) is 17.4. The molecular weight excluding hydrogens is 390 g/mol. The highest BCUT2D eigenvalue weighted by molar-refractivity contribution is 6.28. The molecule has 0 amide bonds. The monoisotopic (exact) mass is 407 g/mol. The molecule has 0 spiro atoms. The van der Waals surface area contributed by atoms with E-state index in [9.17, 15) is 10.5 Å². The third kappa shape index (κ3) is 1.82. The summed E-state index contributed by atoms with van der Waals surface area (Å²) in [6, 6.07) is 27.6. The molecule has 0 bridgehead atoms. The summed E-state index contributed by atoms with van der Waals surface area (Å²) < 4.78 is 2.26. The fourth-order valence-corrected chi connectivity index (χ4v) is 5.92. The number of aromatic nitrogens is 1. The zero-order valence-electron chi connectivity index (χ0n) is 17.7. The SMILES string of the molecule is CC1(C)c2ccccc2-c2c1cc1c3ccc(C#N)cc3n3c4cc(C#N)ccc4c2c13. The first-order valence-corrected chi connectivity index (χ1v) is 10.7. The summed E-state index contributed by atoms with van der Waals surface area (Å²) in [5.41, 5.74) is 9.65. The maximum Gasteiger partial charge on any atom is 0.0992 e. The number of nitriles is 2. The summed E-state index contributed by atoms with van der Waals surface area (Å²) in [5, 5.41) is 23.8. The smallest absolute Gasteiger partial charge is 0.0992 e. The van der Waals surface area contributed by atoms with Crippen molar-refractivity contribution in [2.24, 2.45) is 0 Å². The fourth-order valence-electron chi connectivity index (χ4n) is 5.92. The maximum absolute atomic E-state index is 9.58. The van der Waals surface area contributed by atoms with Crippen LogP contribution in [0.15, 0.2) is 66.7 Å². The van der Waals surface area contributed by atoms with E-state index in [2.05, 4.69) is 72.9 Å². The molecule has 2 aromatic heterocycles. The molecule has 4 aromatic carbocycles. The standard InChI is InChI=1S/C29H17N3/c1-29(2)22-6-4-3-5-19(22)26-23(29)13-21-18-9-7-16(14-30)11-24(18)32-25-12-17(15-31)8-10-20(25)27(26)28(21)32/h3-13H,1-2H3. The van der Waals surface area contributed by atoms with Gasteiger partial charge in [0, 0.05) is 27.0 Å². The Bertz CT molecular complexity index is 1870. The summed E-state index contributed by atoms with van der Waals surface area (Å²) in [4.78, 5) is 0. The Kier molecular flexibility index (Phi) is 2.96. The van der Waals surface area contributed by atoms with Crippen LogP contribution in [0.25, 0.3) is 49.2 Å². The number of fused-ring (bicyclic) bond motifs is 10. The van der Waals surface area contributed by atoms with Crippen LogP contribution in [0.4, 0.5) is 0 Å². The lowest BCUT2D eigenvalue weighted by atomic mass is 9.81. The third-order valence-corrected chi connectivity index (χ3v) is 7.36. The van der Waals surface area contributed by atoms with Gasteiger partial charge in [0.1, 0.15) is 0 Å². The van der Waals surface area contributed by atoms with Crippen LogP contribution in [0.2, 0.25) is 0 Å². The lowest BCUT2D eigenvalue weighted by Crippen LogP contribution is -2.14. The minimum atomic E-state index is -0.104. The van der Waals surface area contributed by atoms with Crippen molar-refractivity contribution in [3.8, 4) is 23.3 Å². The Morgan fingerprint density at radius 2 is 1.38 bits per heavy atom. The van der Waals surface area contributed by atoms with Gasteiger partial charge in [-0.25, -0.2) is 0 Å². The van der Waals surface area contributed by atoms with Gasteiger partial charge in [0.05, 0.1) is 39.8 Å². The van der Waals surface area contributed by atoms with Crippen molar-refractivity contribution in [2.45, 2.75) is 19.3 Å². The van der Waals surface area contributed by atoms with Crippen LogP contribution in [-0.2, 0) is 5.41 Å². The predicted molar refractivity (Wildman–Crippen MR) is 128 cm³/mol. The molecule has 7 rings (SSSR count). The molecule has 0 fully saturated rings. The minimum Gasteiger partial charge on any atom is -0.308 e. The van der Waals surface area contributed by atoms with E-state index < -0.39 is 0 Å². The molecule has 0 saturated heterocycles. The van der Waals surface area contributed by atoms with E-state index in [0.717, 1.165) is 21.8 Å². The van der Waals surface area contributed by atoms with E-state index in [4.69, 9.17) is 0 Å². The first-order chi connectivity index (χ1) is 15.5. The highest BCUT2D eigenvalue weighted by Crippen LogP contribution is 2.55. The predicted octanol–water partition coefficient (Wildman–Crippen LogP) is 6.89. The van der Waals surface area contributed by atoms with E-state index in [-0.39, 0.29) is 5.41 Å². The fraction of sp³-hybridized carbons (Fsp3) is 0.103. The largest absolute Gasteiger partial charge is 0.308 e. The second kappa shape index (κ2) is 5.47. The van der Waals surface area contributed by atoms with Gasteiger partial charge in [0.25, 0.3) is 0 Å². The van der Waals surface area contributed by atoms with Gasteiger partial charge < -0.3 is 4.40 Å². The van der Waals surface area contributed by atoms with Gasteiger partial charge in [-0.15, -0.1) is 0 Å². The molecule has 0 saturated carbocycles. The molecule has 0 radical (unpaired) electrons. The Morgan fingerprint density at radius 1 is 0.719 bits per heavy atom. The van der Waals surface area contributed by atoms with Crippen molar-refractivity contribution in [1.29, 1.82) is 10.5 Å². The van der Waals surface area contributed by atoms with Gasteiger partial charge in [0.15, 0.2) is 0 Å². The van der Waals surface area contributed by atoms with Gasteiger partial charge in [-0.1, -0.05) is 50.2 Å². The molecule has 0 atom stereocenters. The second-order valence-electron chi connectivity index (χ2n) is 9.26. The minimum absolute atomic E-state index is 0.104. The first-order valence-electron chi connectivity index (χ1n) is 10.7. The summed E-state index contributed by atoms with van der Waals surface area (Å²) in [6.07, 6.45) is 0. The summed E-state index contributed by atoms with van der Waals surface area (Å²) in [6.45, 7) is 4.61. The van der Waals surface area contributed by atoms with Crippen molar-refractivity contribution < 1.29 is 0 Å². The number of benzene rings is 4. The number of hydrogen-bond acceptors (Lipinski definition) is 2. The molecule has 1 aliphatic rings. The number of nitrogens with zero attached hydrogens (tertiary/aromatic N) is 3. The van der Waals surface area contributed by atoms with E-state index in [1.54, 1.807) is 0 Å². The average Bonchev–Trinajstić information content (AvgIpc) is 3.41. The van der Waals surface area contributed by atoms with E-state index in [0.29, 0.717) is 11.1 Å². The van der Waals surface area contributed by atoms with Gasteiger partial charge in [-0.05, 0) is 52.6 Å². The molecule has 0 N–H and O–H groups in total. The lowest BCUT2D eigenvalue weighted by molar-refractivity contribution is 0.661. The van der Waals surface area contributed by atoms with Crippen LogP contribution < -0.4 is 0 Å². The molecule has 0 unspecified atom stereocenters. The molecule has 6 aromatic rings. The Morgan fingerprint density at radius 3 is 2.09 bits per heavy atom. The second-order valence-corrected chi connectivity index (χ2v) is 9.26. The maximum atomic E-state index is 9.58. The summed E-state index contributed by atoms with van der Waals surface area (Å²) in [7, 11) is 0. The van der Waals surface area contributed by atoms with Crippen LogP contribution >= 0.6 is 0 Å². The number of hydrogen-bond donors (Lipinski definition) is 0. The van der Waals surface area contributed by atoms with Crippen molar-refractivity contribution in [2.75, 3.05) is 0 Å². The third-order valence-electron chi connectivity index (χ3n) is 7.36. The Balaban J connectivity index is 1.84. The average molecular weight is 407 g/mol. The normalized spacial score (nSPS) is 14.1. The number of rotatable bonds is 0. The van der Waals surface area contributed by atoms with Crippen LogP contribution in [0, 0.1) is 22.7 Å². The van der Waals surface area contributed by atoms with Crippen molar-refractivity contribution in [3.63, 3.8) is 0 Å². The highest BCUT2D eigenvalue weighted by Gasteiger charge is 2.38. The highest BCUT2D eigenvalue weighted by atomic mass is 14.9. The Labute approximate surface area is 184 Å². The summed E-state index contributed by atoms with van der Waals surface area (Å²) >= 11 is 0. The van der Waals surface area contributed by atoms with Crippen LogP contribution in [0.5, 0.6) is 0 Å². The topological polar surface area (TPSA) is 52.0 Å². The van der Waals surface area contributed by atoms with Gasteiger partial charge in [-0.3, -0.25) is 0 Å². The van der Waals surface area contributed by atoms with Crippen molar-refractivity contribution in [3.05, 3.63) is 89.0 Å². The van der Waals surface area contributed by atoms with Gasteiger partial charge in [-0.2, -0.15) is 10.5 Å². The molecule has 3 heteroatoms. The molecule has 0 aliphatic heterocycles. The van der Waals surface area contributed by atoms with E-state index in [1.807, 2.05) is 24.3 Å². The van der Waals surface area contributed by atoms with Crippen molar-refractivity contribution >= 4 is 38.1 Å². The van der Waals surface area contributed by atoms with Crippen LogP contribution in [-0.4, -0.2) is 4.40 Å². The lowest BCUT2D eigenvalue weighted by Gasteiger charge is -2.21. The molecule has 148 valence electrons. The molecular formula is C29H17N3. The van der Waals surface area contributed by atoms with E-state index >= 15 is 0 Å². The molecule has 32 heavy (non-hydrogen) atoms. The quantitative estimate of drug-likeness (QED) is 0.275. The van der Waals surface area contributed by atoms with Crippen LogP contribution in [0.1, 0.15) is 36.1 Å². The van der Waals surface area contributed by atoms with Crippen molar-refractivity contribution in [1.82, 2.24) is 4.40 Å². The van der Waals surface area contributed by atoms with Gasteiger partial charge in [0.2, 0.25) is 0 Å². The zero-order chi connectivity index (χ0) is 21.8.